The molecule has 11 nitrogen and oxygen atoms in total. The highest BCUT2D eigenvalue weighted by Gasteiger charge is 2.18. The Balaban J connectivity index is 1.77. The maximum Gasteiger partial charge on any atom is 0.277 e. The van der Waals surface area contributed by atoms with E-state index in [4.69, 9.17) is 14.4 Å². The molecule has 0 spiro atoms. The number of carbonyl (C=O) groups is 1. The van der Waals surface area contributed by atoms with Gasteiger partial charge in [-0.15, -0.1) is 0 Å². The van der Waals surface area contributed by atoms with Crippen LogP contribution in [0.25, 0.3) is 23.0 Å². The van der Waals surface area contributed by atoms with Gasteiger partial charge in [-0.25, -0.2) is 9.97 Å². The van der Waals surface area contributed by atoms with Gasteiger partial charge in [0.1, 0.15) is 30.8 Å². The maximum absolute atomic E-state index is 11.2. The van der Waals surface area contributed by atoms with Gasteiger partial charge in [0.2, 0.25) is 17.7 Å². The van der Waals surface area contributed by atoms with Gasteiger partial charge in [-0.1, -0.05) is 25.9 Å². The number of aryl methyl sites for hydroxylation is 3. The molecule has 11 heteroatoms. The SMILES string of the molecule is CCc1cc(-c2noc(-c3cc(C)nc(NCC(C)C)n3)n2)cc(C)c1OC[C@@H](O)CNC(=O)CO. The number of hydrogen-bond acceptors (Lipinski definition) is 10. The number of hydrogen-bond donors (Lipinski definition) is 4. The molecule has 0 radical (unpaired) electrons. The fraction of sp³-hybridized carbons (Fsp3) is 0.480. The summed E-state index contributed by atoms with van der Waals surface area (Å²) < 4.78 is 11.4. The fourth-order valence-electron chi connectivity index (χ4n) is 3.47. The minimum absolute atomic E-state index is 0.00844. The Morgan fingerprint density at radius 1 is 1.14 bits per heavy atom. The number of anilines is 1. The Labute approximate surface area is 210 Å². The second-order valence-corrected chi connectivity index (χ2v) is 8.98. The molecular formula is C25H34N6O5. The van der Waals surface area contributed by atoms with Gasteiger partial charge in [-0.05, 0) is 55.5 Å². The van der Waals surface area contributed by atoms with E-state index in [1.54, 1.807) is 6.07 Å². The number of rotatable bonds is 12. The largest absolute Gasteiger partial charge is 0.490 e. The summed E-state index contributed by atoms with van der Waals surface area (Å²) >= 11 is 0. The maximum atomic E-state index is 11.2. The van der Waals surface area contributed by atoms with E-state index in [0.29, 0.717) is 41.4 Å². The first-order valence-corrected chi connectivity index (χ1v) is 12.0. The third-order valence-electron chi connectivity index (χ3n) is 5.26. The van der Waals surface area contributed by atoms with Gasteiger partial charge in [-0.3, -0.25) is 4.79 Å². The Bertz CT molecular complexity index is 1180. The Morgan fingerprint density at radius 3 is 2.61 bits per heavy atom. The molecule has 36 heavy (non-hydrogen) atoms. The zero-order chi connectivity index (χ0) is 26.2. The van der Waals surface area contributed by atoms with Gasteiger partial charge in [-0.2, -0.15) is 4.98 Å². The van der Waals surface area contributed by atoms with Crippen LogP contribution in [0.15, 0.2) is 22.7 Å². The molecule has 194 valence electrons. The number of aliphatic hydroxyl groups excluding tert-OH is 2. The van der Waals surface area contributed by atoms with E-state index in [9.17, 15) is 9.90 Å². The van der Waals surface area contributed by atoms with E-state index >= 15 is 0 Å². The summed E-state index contributed by atoms with van der Waals surface area (Å²) in [5.74, 6) is 1.79. The van der Waals surface area contributed by atoms with E-state index in [1.807, 2.05) is 32.9 Å². The number of nitrogens with zero attached hydrogens (tertiary/aromatic N) is 4. The van der Waals surface area contributed by atoms with Crippen LogP contribution < -0.4 is 15.4 Å². The molecule has 1 amide bonds. The first kappa shape index (κ1) is 27.0. The summed E-state index contributed by atoms with van der Waals surface area (Å²) in [5.41, 5.74) is 3.87. The second-order valence-electron chi connectivity index (χ2n) is 8.98. The summed E-state index contributed by atoms with van der Waals surface area (Å²) in [6.45, 7) is 10.1. The lowest BCUT2D eigenvalue weighted by Gasteiger charge is -2.17. The number of aliphatic hydroxyl groups is 2. The second kappa shape index (κ2) is 12.4. The predicted molar refractivity (Wildman–Crippen MR) is 135 cm³/mol. The van der Waals surface area contributed by atoms with Crippen molar-refractivity contribution in [3.8, 4) is 28.7 Å². The highest BCUT2D eigenvalue weighted by molar-refractivity contribution is 5.76. The third-order valence-corrected chi connectivity index (χ3v) is 5.26. The molecule has 3 rings (SSSR count). The van der Waals surface area contributed by atoms with Gasteiger partial charge in [0.15, 0.2) is 0 Å². The van der Waals surface area contributed by atoms with Crippen molar-refractivity contribution in [3.05, 3.63) is 35.0 Å². The average molecular weight is 499 g/mol. The quantitative estimate of drug-likeness (QED) is 0.292. The molecule has 0 aliphatic heterocycles. The zero-order valence-electron chi connectivity index (χ0n) is 21.3. The van der Waals surface area contributed by atoms with Crippen molar-refractivity contribution in [2.75, 3.05) is 31.6 Å². The van der Waals surface area contributed by atoms with Gasteiger partial charge in [0, 0.05) is 24.3 Å². The molecule has 0 saturated carbocycles. The number of nitrogens with one attached hydrogen (secondary N) is 2. The van der Waals surface area contributed by atoms with E-state index < -0.39 is 18.6 Å². The van der Waals surface area contributed by atoms with Crippen LogP contribution in [0.5, 0.6) is 5.75 Å². The normalized spacial score (nSPS) is 12.0. The molecule has 3 aromatic rings. The van der Waals surface area contributed by atoms with Crippen LogP contribution in [-0.4, -0.2) is 68.6 Å². The van der Waals surface area contributed by atoms with Gasteiger partial charge >= 0.3 is 0 Å². The number of carbonyl (C=O) groups excluding carboxylic acids is 1. The first-order chi connectivity index (χ1) is 17.2. The Hall–Kier alpha value is -3.57. The molecule has 0 saturated heterocycles. The summed E-state index contributed by atoms with van der Waals surface area (Å²) in [5, 5.41) is 28.6. The van der Waals surface area contributed by atoms with Gasteiger partial charge in [0.25, 0.3) is 5.89 Å². The van der Waals surface area contributed by atoms with Crippen molar-refractivity contribution in [1.29, 1.82) is 0 Å². The minimum Gasteiger partial charge on any atom is -0.490 e. The van der Waals surface area contributed by atoms with Gasteiger partial charge in [0.05, 0.1) is 0 Å². The average Bonchev–Trinajstić information content (AvgIpc) is 3.35. The van der Waals surface area contributed by atoms with Crippen LogP contribution >= 0.6 is 0 Å². The molecular weight excluding hydrogens is 464 g/mol. The molecule has 4 N–H and O–H groups in total. The summed E-state index contributed by atoms with van der Waals surface area (Å²) in [6.07, 6.45) is -0.234. The van der Waals surface area contributed by atoms with Crippen molar-refractivity contribution in [2.24, 2.45) is 5.92 Å². The summed E-state index contributed by atoms with van der Waals surface area (Å²) in [4.78, 5) is 24.7. The van der Waals surface area contributed by atoms with Crippen LogP contribution in [-0.2, 0) is 11.2 Å². The molecule has 0 unspecified atom stereocenters. The van der Waals surface area contributed by atoms with Crippen LogP contribution in [0.1, 0.15) is 37.6 Å². The molecule has 1 atom stereocenters. The number of amides is 1. The lowest BCUT2D eigenvalue weighted by atomic mass is 10.0. The fourth-order valence-corrected chi connectivity index (χ4v) is 3.47. The van der Waals surface area contributed by atoms with E-state index in [2.05, 4.69) is 44.6 Å². The van der Waals surface area contributed by atoms with Crippen LogP contribution in [0.2, 0.25) is 0 Å². The highest BCUT2D eigenvalue weighted by Crippen LogP contribution is 2.31. The smallest absolute Gasteiger partial charge is 0.277 e. The summed E-state index contributed by atoms with van der Waals surface area (Å²) in [6, 6.07) is 5.62. The lowest BCUT2D eigenvalue weighted by Crippen LogP contribution is -2.36. The number of benzene rings is 1. The first-order valence-electron chi connectivity index (χ1n) is 12.0. The Kier molecular flexibility index (Phi) is 9.31. The molecule has 0 aliphatic carbocycles. The highest BCUT2D eigenvalue weighted by atomic mass is 16.5. The predicted octanol–water partition coefficient (Wildman–Crippen LogP) is 2.29. The van der Waals surface area contributed by atoms with Crippen molar-refractivity contribution in [3.63, 3.8) is 0 Å². The number of ether oxygens (including phenoxy) is 1. The van der Waals surface area contributed by atoms with Crippen molar-refractivity contribution in [2.45, 2.75) is 47.1 Å². The number of aromatic nitrogens is 4. The topological polar surface area (TPSA) is 156 Å². The molecule has 0 fully saturated rings. The van der Waals surface area contributed by atoms with E-state index in [-0.39, 0.29) is 13.2 Å². The standard InChI is InChI=1S/C25H34N6O5/c1-6-17-9-18(7-15(4)22(17)35-13-19(33)11-26-21(34)12-32)23-30-24(36-31-23)20-8-16(5)28-25(29-20)27-10-14(2)3/h7-9,14,19,32-33H,6,10-13H2,1-5H3,(H,26,34)(H,27,28,29)/t19-/m0/s1. The molecule has 0 aliphatic rings. The third kappa shape index (κ3) is 7.22. The molecule has 0 bridgehead atoms. The van der Waals surface area contributed by atoms with Gasteiger partial charge < -0.3 is 30.1 Å². The van der Waals surface area contributed by atoms with Crippen LogP contribution in [0.3, 0.4) is 0 Å². The lowest BCUT2D eigenvalue weighted by molar-refractivity contribution is -0.124. The van der Waals surface area contributed by atoms with E-state index in [0.717, 1.165) is 28.9 Å². The van der Waals surface area contributed by atoms with E-state index in [1.165, 1.54) is 0 Å². The van der Waals surface area contributed by atoms with Crippen molar-refractivity contribution in [1.82, 2.24) is 25.4 Å². The Morgan fingerprint density at radius 2 is 1.92 bits per heavy atom. The monoisotopic (exact) mass is 498 g/mol. The molecule has 2 aromatic heterocycles. The van der Waals surface area contributed by atoms with Crippen molar-refractivity contribution >= 4 is 11.9 Å². The zero-order valence-corrected chi connectivity index (χ0v) is 21.3. The van der Waals surface area contributed by atoms with Crippen LogP contribution in [0, 0.1) is 19.8 Å². The molecule has 2 heterocycles. The van der Waals surface area contributed by atoms with Crippen LogP contribution in [0.4, 0.5) is 5.95 Å². The minimum atomic E-state index is -0.916. The van der Waals surface area contributed by atoms with Crippen molar-refractivity contribution < 1.29 is 24.3 Å². The summed E-state index contributed by atoms with van der Waals surface area (Å²) in [7, 11) is 0. The molecule has 1 aromatic carbocycles.